The van der Waals surface area contributed by atoms with Crippen LogP contribution in [0.25, 0.3) is 10.8 Å². The Bertz CT molecular complexity index is 928. The lowest BCUT2D eigenvalue weighted by molar-refractivity contribution is -0.383. The van der Waals surface area contributed by atoms with Crippen LogP contribution in [0.4, 0.5) is 10.1 Å². The number of pyridine rings is 1. The molecule has 0 N–H and O–H groups in total. The van der Waals surface area contributed by atoms with Gasteiger partial charge < -0.3 is 0 Å². The largest absolute Gasteiger partial charge is 0.280 e. The van der Waals surface area contributed by atoms with Gasteiger partial charge >= 0.3 is 0 Å². The molecule has 0 spiro atoms. The highest BCUT2D eigenvalue weighted by atomic mass is 35.5. The average molecular weight is 331 g/mol. The Kier molecular flexibility index (Phi) is 3.96. The van der Waals surface area contributed by atoms with Gasteiger partial charge in [-0.15, -0.1) is 0 Å². The first-order valence-corrected chi connectivity index (χ1v) is 7.31. The van der Waals surface area contributed by atoms with Gasteiger partial charge in [0.25, 0.3) is 5.69 Å². The van der Waals surface area contributed by atoms with Gasteiger partial charge in [-0.2, -0.15) is 0 Å². The summed E-state index contributed by atoms with van der Waals surface area (Å²) in [4.78, 5) is 15.2. The summed E-state index contributed by atoms with van der Waals surface area (Å²) in [5.74, 6) is -0.491. The lowest BCUT2D eigenvalue weighted by Gasteiger charge is -2.09. The van der Waals surface area contributed by atoms with Gasteiger partial charge in [-0.05, 0) is 24.6 Å². The van der Waals surface area contributed by atoms with Crippen LogP contribution >= 0.6 is 11.6 Å². The molecule has 0 atom stereocenters. The maximum absolute atomic E-state index is 14.1. The molecule has 0 aliphatic carbocycles. The Morgan fingerprint density at radius 3 is 2.74 bits per heavy atom. The third kappa shape index (κ3) is 2.75. The molecular formula is C17H12ClFN2O2. The first-order valence-electron chi connectivity index (χ1n) is 6.93. The first-order chi connectivity index (χ1) is 11.0. The minimum Gasteiger partial charge on any atom is -0.260 e. The second-order valence-corrected chi connectivity index (χ2v) is 5.64. The van der Waals surface area contributed by atoms with Gasteiger partial charge in [0.15, 0.2) is 0 Å². The van der Waals surface area contributed by atoms with Gasteiger partial charge in [0.1, 0.15) is 5.82 Å². The maximum Gasteiger partial charge on any atom is 0.280 e. The maximum atomic E-state index is 14.1. The van der Waals surface area contributed by atoms with Crippen molar-refractivity contribution in [2.24, 2.45) is 0 Å². The fourth-order valence-electron chi connectivity index (χ4n) is 2.66. The molecule has 0 aliphatic heterocycles. The van der Waals surface area contributed by atoms with Crippen molar-refractivity contribution in [3.05, 3.63) is 80.4 Å². The van der Waals surface area contributed by atoms with E-state index in [-0.39, 0.29) is 17.1 Å². The zero-order valence-electron chi connectivity index (χ0n) is 12.2. The summed E-state index contributed by atoms with van der Waals surface area (Å²) in [6.07, 6.45) is 1.72. The molecule has 116 valence electrons. The lowest BCUT2D eigenvalue weighted by Crippen LogP contribution is -1.99. The summed E-state index contributed by atoms with van der Waals surface area (Å²) in [6, 6.07) is 9.84. The molecule has 6 heteroatoms. The highest BCUT2D eigenvalue weighted by Gasteiger charge is 2.18. The molecule has 0 fully saturated rings. The van der Waals surface area contributed by atoms with Gasteiger partial charge in [0, 0.05) is 23.6 Å². The number of nitro groups is 1. The number of nitro benzene ring substituents is 1. The molecule has 0 bridgehead atoms. The van der Waals surface area contributed by atoms with E-state index < -0.39 is 10.7 Å². The van der Waals surface area contributed by atoms with Crippen LogP contribution in [0, 0.1) is 22.9 Å². The van der Waals surface area contributed by atoms with Crippen molar-refractivity contribution in [2.75, 3.05) is 0 Å². The van der Waals surface area contributed by atoms with E-state index in [1.165, 1.54) is 12.3 Å². The van der Waals surface area contributed by atoms with E-state index in [0.717, 1.165) is 0 Å². The Morgan fingerprint density at radius 1 is 1.22 bits per heavy atom. The second kappa shape index (κ2) is 5.93. The van der Waals surface area contributed by atoms with Crippen molar-refractivity contribution in [3.8, 4) is 0 Å². The number of benzene rings is 2. The SMILES string of the molecule is Cc1ccc2c(Cc3cccc(Cl)c3F)nccc2c1[N+](=O)[O-]. The number of halogens is 2. The standard InChI is InChI=1S/C17H12ClFN2O2/c1-10-5-6-12-13(17(10)21(22)23)7-8-20-15(12)9-11-3-2-4-14(18)16(11)19/h2-8H,9H2,1H3. The molecule has 0 amide bonds. The van der Waals surface area contributed by atoms with Crippen LogP contribution in [0.5, 0.6) is 0 Å². The number of aryl methyl sites for hydroxylation is 1. The van der Waals surface area contributed by atoms with Gasteiger partial charge in [0.2, 0.25) is 0 Å². The molecule has 3 rings (SSSR count). The Morgan fingerprint density at radius 2 is 2.00 bits per heavy atom. The molecule has 2 aromatic carbocycles. The summed E-state index contributed by atoms with van der Waals surface area (Å²) in [5.41, 5.74) is 1.61. The van der Waals surface area contributed by atoms with Crippen LogP contribution in [0.15, 0.2) is 42.6 Å². The third-order valence-corrected chi connectivity index (χ3v) is 4.07. The number of hydrogen-bond acceptors (Lipinski definition) is 3. The van der Waals surface area contributed by atoms with Crippen LogP contribution in [0.1, 0.15) is 16.8 Å². The average Bonchev–Trinajstić information content (AvgIpc) is 2.51. The zero-order chi connectivity index (χ0) is 16.6. The molecule has 0 unspecified atom stereocenters. The van der Waals surface area contributed by atoms with E-state index in [1.807, 2.05) is 0 Å². The molecule has 4 nitrogen and oxygen atoms in total. The third-order valence-electron chi connectivity index (χ3n) is 3.77. The van der Waals surface area contributed by atoms with Crippen molar-refractivity contribution < 1.29 is 9.31 Å². The molecule has 0 saturated heterocycles. The fourth-order valence-corrected chi connectivity index (χ4v) is 2.85. The van der Waals surface area contributed by atoms with Crippen molar-refractivity contribution in [3.63, 3.8) is 0 Å². The molecule has 1 heterocycles. The van der Waals surface area contributed by atoms with Gasteiger partial charge in [-0.1, -0.05) is 35.9 Å². The van der Waals surface area contributed by atoms with Crippen molar-refractivity contribution in [2.45, 2.75) is 13.3 Å². The Hall–Kier alpha value is -2.53. The normalized spacial score (nSPS) is 10.9. The number of rotatable bonds is 3. The summed E-state index contributed by atoms with van der Waals surface area (Å²) in [5, 5.41) is 12.5. The van der Waals surface area contributed by atoms with E-state index >= 15 is 0 Å². The van der Waals surface area contributed by atoms with E-state index in [4.69, 9.17) is 11.6 Å². The molecule has 3 aromatic rings. The quantitative estimate of drug-likeness (QED) is 0.510. The molecule has 23 heavy (non-hydrogen) atoms. The van der Waals surface area contributed by atoms with Crippen LogP contribution in [-0.4, -0.2) is 9.91 Å². The Balaban J connectivity index is 2.18. The van der Waals surface area contributed by atoms with Crippen molar-refractivity contribution in [1.82, 2.24) is 4.98 Å². The smallest absolute Gasteiger partial charge is 0.260 e. The van der Waals surface area contributed by atoms with E-state index in [1.54, 1.807) is 37.3 Å². The van der Waals surface area contributed by atoms with E-state index in [2.05, 4.69) is 4.98 Å². The molecule has 0 saturated carbocycles. The van der Waals surface area contributed by atoms with E-state index in [0.29, 0.717) is 27.6 Å². The number of aromatic nitrogens is 1. The van der Waals surface area contributed by atoms with Crippen molar-refractivity contribution in [1.29, 1.82) is 0 Å². The van der Waals surface area contributed by atoms with E-state index in [9.17, 15) is 14.5 Å². The summed E-state index contributed by atoms with van der Waals surface area (Å²) in [7, 11) is 0. The topological polar surface area (TPSA) is 56.0 Å². The van der Waals surface area contributed by atoms with Gasteiger partial charge in [-0.25, -0.2) is 4.39 Å². The van der Waals surface area contributed by atoms with Crippen LogP contribution < -0.4 is 0 Å². The van der Waals surface area contributed by atoms with Crippen LogP contribution in [0.2, 0.25) is 5.02 Å². The van der Waals surface area contributed by atoms with Crippen LogP contribution in [-0.2, 0) is 6.42 Å². The summed E-state index contributed by atoms with van der Waals surface area (Å²) < 4.78 is 14.1. The zero-order valence-corrected chi connectivity index (χ0v) is 13.0. The molecule has 0 aliphatic rings. The minimum absolute atomic E-state index is 0.0459. The predicted octanol–water partition coefficient (Wildman–Crippen LogP) is 4.83. The lowest BCUT2D eigenvalue weighted by atomic mass is 10.0. The second-order valence-electron chi connectivity index (χ2n) is 5.23. The monoisotopic (exact) mass is 330 g/mol. The number of nitrogens with zero attached hydrogens (tertiary/aromatic N) is 2. The molecule has 0 radical (unpaired) electrons. The molecule has 1 aromatic heterocycles. The fraction of sp³-hybridized carbons (Fsp3) is 0.118. The first kappa shape index (κ1) is 15.4. The van der Waals surface area contributed by atoms with Gasteiger partial charge in [-0.3, -0.25) is 15.1 Å². The Labute approximate surface area is 136 Å². The predicted molar refractivity (Wildman–Crippen MR) is 87.4 cm³/mol. The number of hydrogen-bond donors (Lipinski definition) is 0. The highest BCUT2D eigenvalue weighted by Crippen LogP contribution is 2.31. The van der Waals surface area contributed by atoms with Gasteiger partial charge in [0.05, 0.1) is 21.0 Å². The van der Waals surface area contributed by atoms with Crippen LogP contribution in [0.3, 0.4) is 0 Å². The molecular weight excluding hydrogens is 319 g/mol. The minimum atomic E-state index is -0.491. The highest BCUT2D eigenvalue weighted by molar-refractivity contribution is 6.30. The van der Waals surface area contributed by atoms with Crippen molar-refractivity contribution >= 4 is 28.1 Å². The summed E-state index contributed by atoms with van der Waals surface area (Å²) >= 11 is 5.80. The number of fused-ring (bicyclic) bond motifs is 1. The summed E-state index contributed by atoms with van der Waals surface area (Å²) in [6.45, 7) is 1.69.